The van der Waals surface area contributed by atoms with Crippen LogP contribution in [0.3, 0.4) is 0 Å². The third-order valence-corrected chi connectivity index (χ3v) is 6.17. The van der Waals surface area contributed by atoms with Gasteiger partial charge in [-0.1, -0.05) is 36.4 Å². The van der Waals surface area contributed by atoms with Crippen molar-refractivity contribution >= 4 is 44.7 Å². The second-order valence-corrected chi connectivity index (χ2v) is 8.26. The number of hydrogen-bond donors (Lipinski definition) is 1. The van der Waals surface area contributed by atoms with E-state index in [1.807, 2.05) is 60.7 Å². The number of ether oxygens (including phenoxy) is 1. The van der Waals surface area contributed by atoms with E-state index in [4.69, 9.17) is 9.72 Å². The second-order valence-electron chi connectivity index (χ2n) is 7.23. The minimum absolute atomic E-state index is 0.0995. The van der Waals surface area contributed by atoms with Gasteiger partial charge < -0.3 is 10.1 Å². The van der Waals surface area contributed by atoms with E-state index in [-0.39, 0.29) is 18.4 Å². The molecule has 2 amide bonds. The number of aromatic nitrogens is 1. The molecule has 1 aliphatic rings. The highest BCUT2D eigenvalue weighted by molar-refractivity contribution is 7.21. The van der Waals surface area contributed by atoms with Gasteiger partial charge in [-0.15, -0.1) is 11.3 Å². The lowest BCUT2D eigenvalue weighted by molar-refractivity contribution is -0.127. The van der Waals surface area contributed by atoms with Crippen LogP contribution in [0.1, 0.15) is 6.92 Å². The van der Waals surface area contributed by atoms with Crippen LogP contribution in [0.4, 0.5) is 11.4 Å². The van der Waals surface area contributed by atoms with Crippen molar-refractivity contribution in [3.63, 3.8) is 0 Å². The summed E-state index contributed by atoms with van der Waals surface area (Å²) in [6, 6.07) is 22.7. The van der Waals surface area contributed by atoms with Gasteiger partial charge in [0.1, 0.15) is 17.3 Å². The Labute approximate surface area is 183 Å². The molecule has 2 heterocycles. The molecule has 0 aliphatic carbocycles. The van der Waals surface area contributed by atoms with Gasteiger partial charge in [-0.2, -0.15) is 0 Å². The van der Waals surface area contributed by atoms with Gasteiger partial charge in [0.05, 0.1) is 21.6 Å². The smallest absolute Gasteiger partial charge is 0.268 e. The first-order valence-electron chi connectivity index (χ1n) is 9.92. The second kappa shape index (κ2) is 7.85. The molecular formula is C24H19N3O3S. The van der Waals surface area contributed by atoms with Crippen molar-refractivity contribution in [1.82, 2.24) is 4.98 Å². The van der Waals surface area contributed by atoms with Gasteiger partial charge in [0.15, 0.2) is 6.10 Å². The number of hydrogen-bond acceptors (Lipinski definition) is 5. The summed E-state index contributed by atoms with van der Waals surface area (Å²) in [6.45, 7) is 1.59. The maximum atomic E-state index is 12.9. The number of benzene rings is 3. The first-order valence-corrected chi connectivity index (χ1v) is 10.7. The number of carbonyl (C=O) groups is 2. The number of nitrogens with one attached hydrogen (secondary N) is 1. The number of thiazole rings is 1. The molecule has 1 aromatic heterocycles. The average molecular weight is 430 g/mol. The molecule has 1 N–H and O–H groups in total. The summed E-state index contributed by atoms with van der Waals surface area (Å²) in [7, 11) is 0. The fourth-order valence-corrected chi connectivity index (χ4v) is 4.63. The highest BCUT2D eigenvalue weighted by Crippen LogP contribution is 2.35. The molecule has 0 fully saturated rings. The SMILES string of the molecule is CC1Oc2ccccc2N(CC(=O)Nc2ccccc2-c2nc3ccccc3s2)C1=O. The summed E-state index contributed by atoms with van der Waals surface area (Å²) in [5.41, 5.74) is 3.03. The minimum Gasteiger partial charge on any atom is -0.479 e. The summed E-state index contributed by atoms with van der Waals surface area (Å²) >= 11 is 1.58. The lowest BCUT2D eigenvalue weighted by atomic mass is 10.1. The number of amides is 2. The summed E-state index contributed by atoms with van der Waals surface area (Å²) in [5.74, 6) is 0.0661. The molecule has 5 rings (SSSR count). The van der Waals surface area contributed by atoms with Crippen LogP contribution < -0.4 is 15.0 Å². The highest BCUT2D eigenvalue weighted by atomic mass is 32.1. The topological polar surface area (TPSA) is 71.5 Å². The van der Waals surface area contributed by atoms with Crippen LogP contribution >= 0.6 is 11.3 Å². The van der Waals surface area contributed by atoms with Crippen molar-refractivity contribution in [3.8, 4) is 16.3 Å². The Kier molecular flexibility index (Phi) is 4.88. The number of carbonyl (C=O) groups excluding carboxylic acids is 2. The van der Waals surface area contributed by atoms with Gasteiger partial charge in [0.25, 0.3) is 5.91 Å². The maximum Gasteiger partial charge on any atom is 0.268 e. The van der Waals surface area contributed by atoms with Gasteiger partial charge in [0, 0.05) is 5.56 Å². The third-order valence-electron chi connectivity index (χ3n) is 5.10. The molecule has 1 unspecified atom stereocenters. The van der Waals surface area contributed by atoms with E-state index in [9.17, 15) is 9.59 Å². The minimum atomic E-state index is -0.641. The number of para-hydroxylation sites is 4. The molecule has 0 bridgehead atoms. The van der Waals surface area contributed by atoms with Crippen molar-refractivity contribution in [1.29, 1.82) is 0 Å². The van der Waals surface area contributed by atoms with Gasteiger partial charge in [-0.3, -0.25) is 14.5 Å². The van der Waals surface area contributed by atoms with Crippen LogP contribution in [0.5, 0.6) is 5.75 Å². The Balaban J connectivity index is 1.41. The first kappa shape index (κ1) is 19.3. The molecule has 1 atom stereocenters. The zero-order chi connectivity index (χ0) is 21.4. The third kappa shape index (κ3) is 3.64. The summed E-state index contributed by atoms with van der Waals surface area (Å²) in [5, 5.41) is 3.79. The van der Waals surface area contributed by atoms with Crippen LogP contribution in [0, 0.1) is 0 Å². The molecule has 7 heteroatoms. The van der Waals surface area contributed by atoms with Crippen molar-refractivity contribution in [2.45, 2.75) is 13.0 Å². The summed E-state index contributed by atoms with van der Waals surface area (Å²) in [6.07, 6.45) is -0.641. The van der Waals surface area contributed by atoms with E-state index in [2.05, 4.69) is 5.32 Å². The van der Waals surface area contributed by atoms with Crippen LogP contribution in [0.25, 0.3) is 20.8 Å². The normalized spacial score (nSPS) is 15.5. The van der Waals surface area contributed by atoms with E-state index in [1.165, 1.54) is 4.90 Å². The predicted molar refractivity (Wildman–Crippen MR) is 123 cm³/mol. The standard InChI is InChI=1S/C24H19N3O3S/c1-15-24(29)27(19-11-5-6-12-20(19)30-15)14-22(28)25-17-9-3-2-8-16(17)23-26-18-10-4-7-13-21(18)31-23/h2-13,15H,14H2,1H3,(H,25,28). The van der Waals surface area contributed by atoms with Crippen molar-refractivity contribution < 1.29 is 14.3 Å². The van der Waals surface area contributed by atoms with E-state index < -0.39 is 6.10 Å². The Morgan fingerprint density at radius 2 is 1.81 bits per heavy atom. The van der Waals surface area contributed by atoms with Crippen molar-refractivity contribution in [2.24, 2.45) is 0 Å². The first-order chi connectivity index (χ1) is 15.1. The Bertz CT molecular complexity index is 1270. The molecule has 0 saturated heterocycles. The van der Waals surface area contributed by atoms with Crippen LogP contribution in [-0.4, -0.2) is 29.4 Å². The lowest BCUT2D eigenvalue weighted by Crippen LogP contribution is -2.47. The maximum absolute atomic E-state index is 12.9. The average Bonchev–Trinajstić information content (AvgIpc) is 3.21. The fourth-order valence-electron chi connectivity index (χ4n) is 3.62. The molecule has 1 aliphatic heterocycles. The van der Waals surface area contributed by atoms with E-state index in [1.54, 1.807) is 30.4 Å². The monoisotopic (exact) mass is 429 g/mol. The van der Waals surface area contributed by atoms with Crippen LogP contribution in [0.2, 0.25) is 0 Å². The van der Waals surface area contributed by atoms with Crippen molar-refractivity contribution in [3.05, 3.63) is 72.8 Å². The number of rotatable bonds is 4. The van der Waals surface area contributed by atoms with Crippen LogP contribution in [-0.2, 0) is 9.59 Å². The van der Waals surface area contributed by atoms with Gasteiger partial charge >= 0.3 is 0 Å². The Morgan fingerprint density at radius 3 is 2.68 bits per heavy atom. The fraction of sp³-hybridized carbons (Fsp3) is 0.125. The van der Waals surface area contributed by atoms with E-state index in [0.29, 0.717) is 17.1 Å². The lowest BCUT2D eigenvalue weighted by Gasteiger charge is -2.32. The molecule has 0 spiro atoms. The molecule has 4 aromatic rings. The zero-order valence-electron chi connectivity index (χ0n) is 16.7. The highest BCUT2D eigenvalue weighted by Gasteiger charge is 2.32. The Hall–Kier alpha value is -3.71. The number of anilines is 2. The Morgan fingerprint density at radius 1 is 1.06 bits per heavy atom. The van der Waals surface area contributed by atoms with Gasteiger partial charge in [0.2, 0.25) is 5.91 Å². The molecule has 6 nitrogen and oxygen atoms in total. The number of fused-ring (bicyclic) bond motifs is 2. The molecule has 31 heavy (non-hydrogen) atoms. The summed E-state index contributed by atoms with van der Waals surface area (Å²) < 4.78 is 6.74. The molecular weight excluding hydrogens is 410 g/mol. The summed E-state index contributed by atoms with van der Waals surface area (Å²) in [4.78, 5) is 31.8. The molecule has 0 radical (unpaired) electrons. The van der Waals surface area contributed by atoms with Gasteiger partial charge in [-0.25, -0.2) is 4.98 Å². The zero-order valence-corrected chi connectivity index (χ0v) is 17.6. The van der Waals surface area contributed by atoms with Crippen molar-refractivity contribution in [2.75, 3.05) is 16.8 Å². The van der Waals surface area contributed by atoms with Crippen LogP contribution in [0.15, 0.2) is 72.8 Å². The molecule has 154 valence electrons. The number of nitrogens with zero attached hydrogens (tertiary/aromatic N) is 2. The molecule has 3 aromatic carbocycles. The largest absolute Gasteiger partial charge is 0.479 e. The van der Waals surface area contributed by atoms with Gasteiger partial charge in [-0.05, 0) is 43.3 Å². The van der Waals surface area contributed by atoms with E-state index in [0.717, 1.165) is 20.8 Å². The van der Waals surface area contributed by atoms with E-state index >= 15 is 0 Å². The quantitative estimate of drug-likeness (QED) is 0.510. The molecule has 0 saturated carbocycles. The predicted octanol–water partition coefficient (Wildman–Crippen LogP) is 4.72.